The van der Waals surface area contributed by atoms with Crippen LogP contribution in [0.25, 0.3) is 0 Å². The third kappa shape index (κ3) is 5.15. The van der Waals surface area contributed by atoms with Gasteiger partial charge in [-0.1, -0.05) is 35.9 Å². The predicted octanol–water partition coefficient (Wildman–Crippen LogP) is 3.41. The number of aryl methyl sites for hydroxylation is 1. The van der Waals surface area contributed by atoms with Crippen molar-refractivity contribution in [2.24, 2.45) is 0 Å². The normalized spacial score (nSPS) is 13.9. The smallest absolute Gasteiger partial charge is 0.205 e. The molecule has 0 aliphatic rings. The number of rotatable bonds is 6. The van der Waals surface area contributed by atoms with Crippen LogP contribution >= 0.6 is 0 Å². The number of allylic oxidation sites excluding steroid dienone is 2. The molecule has 2 aromatic carbocycles. The van der Waals surface area contributed by atoms with E-state index in [4.69, 9.17) is 0 Å². The molecule has 0 unspecified atom stereocenters. The molecule has 27 heavy (non-hydrogen) atoms. The molecule has 0 saturated heterocycles. The van der Waals surface area contributed by atoms with E-state index in [0.717, 1.165) is 23.1 Å². The molecule has 0 fully saturated rings. The molecular formula is C20H22O5S2. The number of aliphatic hydroxyl groups is 1. The molecule has 0 spiro atoms. The highest BCUT2D eigenvalue weighted by molar-refractivity contribution is 7.95. The van der Waals surface area contributed by atoms with E-state index >= 15 is 0 Å². The van der Waals surface area contributed by atoms with Gasteiger partial charge in [0.2, 0.25) is 9.84 Å². The van der Waals surface area contributed by atoms with Gasteiger partial charge in [-0.15, -0.1) is 0 Å². The van der Waals surface area contributed by atoms with Crippen molar-refractivity contribution < 1.29 is 21.9 Å². The molecule has 144 valence electrons. The lowest BCUT2D eigenvalue weighted by atomic mass is 10.1. The zero-order chi connectivity index (χ0) is 20.3. The molecule has 0 aromatic heterocycles. The first kappa shape index (κ1) is 21.1. The Morgan fingerprint density at radius 2 is 1.44 bits per heavy atom. The summed E-state index contributed by atoms with van der Waals surface area (Å²) in [6, 6.07) is 14.0. The van der Waals surface area contributed by atoms with Crippen LogP contribution in [0.3, 0.4) is 0 Å². The minimum Gasteiger partial charge on any atom is -0.385 e. The monoisotopic (exact) mass is 406 g/mol. The van der Waals surface area contributed by atoms with Gasteiger partial charge in [-0.2, -0.15) is 0 Å². The van der Waals surface area contributed by atoms with Crippen LogP contribution in [-0.2, 0) is 19.7 Å². The van der Waals surface area contributed by atoms with E-state index in [1.165, 1.54) is 38.1 Å². The van der Waals surface area contributed by atoms with Crippen LogP contribution in [0.4, 0.5) is 0 Å². The SMILES string of the molecule is Cc1ccc(S(=O)(=O)C(=CC=CS(=O)(=O)c2ccccc2)C(C)(C)O)cc1. The Kier molecular flexibility index (Phi) is 6.09. The molecule has 1 N–H and O–H groups in total. The van der Waals surface area contributed by atoms with Crippen molar-refractivity contribution in [1.29, 1.82) is 0 Å². The summed E-state index contributed by atoms with van der Waals surface area (Å²) >= 11 is 0. The van der Waals surface area contributed by atoms with Crippen LogP contribution in [0, 0.1) is 6.92 Å². The number of benzene rings is 2. The maximum absolute atomic E-state index is 12.9. The molecule has 0 aliphatic carbocycles. The van der Waals surface area contributed by atoms with Crippen LogP contribution in [0.1, 0.15) is 19.4 Å². The Morgan fingerprint density at radius 3 is 1.96 bits per heavy atom. The lowest BCUT2D eigenvalue weighted by molar-refractivity contribution is 0.127. The Morgan fingerprint density at radius 1 is 0.889 bits per heavy atom. The van der Waals surface area contributed by atoms with E-state index in [1.54, 1.807) is 30.3 Å². The van der Waals surface area contributed by atoms with Gasteiger partial charge in [0.15, 0.2) is 9.84 Å². The van der Waals surface area contributed by atoms with Gasteiger partial charge in [0, 0.05) is 5.41 Å². The summed E-state index contributed by atoms with van der Waals surface area (Å²) in [7, 11) is -7.71. The second kappa shape index (κ2) is 7.80. The van der Waals surface area contributed by atoms with Crippen molar-refractivity contribution in [2.45, 2.75) is 36.2 Å². The lowest BCUT2D eigenvalue weighted by Crippen LogP contribution is -2.27. The maximum atomic E-state index is 12.9. The third-order valence-corrected chi connectivity index (χ3v) is 7.35. The van der Waals surface area contributed by atoms with Crippen molar-refractivity contribution in [3.63, 3.8) is 0 Å². The topological polar surface area (TPSA) is 88.5 Å². The molecule has 0 radical (unpaired) electrons. The second-order valence-electron chi connectivity index (χ2n) is 6.59. The van der Waals surface area contributed by atoms with Crippen LogP contribution in [0.2, 0.25) is 0 Å². The number of hydrogen-bond donors (Lipinski definition) is 1. The fraction of sp³-hybridized carbons (Fsp3) is 0.200. The summed E-state index contributed by atoms with van der Waals surface area (Å²) < 4.78 is 50.4. The van der Waals surface area contributed by atoms with E-state index in [9.17, 15) is 21.9 Å². The highest BCUT2D eigenvalue weighted by atomic mass is 32.2. The van der Waals surface area contributed by atoms with Crippen molar-refractivity contribution in [3.05, 3.63) is 82.6 Å². The minimum atomic E-state index is -3.99. The Bertz CT molecular complexity index is 1060. The van der Waals surface area contributed by atoms with E-state index in [-0.39, 0.29) is 14.7 Å². The van der Waals surface area contributed by atoms with Gasteiger partial charge in [0.05, 0.1) is 20.3 Å². The van der Waals surface area contributed by atoms with Crippen molar-refractivity contribution in [1.82, 2.24) is 0 Å². The first-order valence-electron chi connectivity index (χ1n) is 8.18. The molecule has 2 rings (SSSR count). The van der Waals surface area contributed by atoms with Gasteiger partial charge in [0.25, 0.3) is 0 Å². The van der Waals surface area contributed by atoms with Crippen LogP contribution in [0.15, 0.2) is 86.9 Å². The van der Waals surface area contributed by atoms with Crippen molar-refractivity contribution in [3.8, 4) is 0 Å². The Balaban J connectivity index is 2.47. The largest absolute Gasteiger partial charge is 0.385 e. The summed E-state index contributed by atoms with van der Waals surface area (Å²) in [6.07, 6.45) is 2.25. The Hall–Kier alpha value is -2.22. The average molecular weight is 407 g/mol. The average Bonchev–Trinajstić information content (AvgIpc) is 2.58. The first-order valence-corrected chi connectivity index (χ1v) is 11.2. The van der Waals surface area contributed by atoms with Gasteiger partial charge in [0.1, 0.15) is 0 Å². The maximum Gasteiger partial charge on any atom is 0.205 e. The highest BCUT2D eigenvalue weighted by Crippen LogP contribution is 2.28. The quantitative estimate of drug-likeness (QED) is 0.743. The standard InChI is InChI=1S/C20H22O5S2/c1-16-11-13-18(14-12-16)27(24,25)19(20(2,3)21)10-7-15-26(22,23)17-8-5-4-6-9-17/h4-15,21H,1-3H3. The van der Waals surface area contributed by atoms with E-state index in [2.05, 4.69) is 0 Å². The minimum absolute atomic E-state index is 0.0285. The molecule has 0 aliphatic heterocycles. The van der Waals surface area contributed by atoms with Gasteiger partial charge < -0.3 is 5.11 Å². The molecule has 5 nitrogen and oxygen atoms in total. The summed E-state index contributed by atoms with van der Waals surface area (Å²) in [5.74, 6) is 0. The summed E-state index contributed by atoms with van der Waals surface area (Å²) in [5, 5.41) is 11.3. The van der Waals surface area contributed by atoms with E-state index in [1.807, 2.05) is 6.92 Å². The highest BCUT2D eigenvalue weighted by Gasteiger charge is 2.32. The number of hydrogen-bond acceptors (Lipinski definition) is 5. The van der Waals surface area contributed by atoms with E-state index < -0.39 is 25.3 Å². The fourth-order valence-electron chi connectivity index (χ4n) is 2.39. The summed E-state index contributed by atoms with van der Waals surface area (Å²) in [4.78, 5) is -0.167. The van der Waals surface area contributed by atoms with Crippen molar-refractivity contribution in [2.75, 3.05) is 0 Å². The molecule has 0 amide bonds. The van der Waals surface area contributed by atoms with Crippen LogP contribution < -0.4 is 0 Å². The van der Waals surface area contributed by atoms with Gasteiger partial charge in [-0.25, -0.2) is 16.8 Å². The summed E-state index contributed by atoms with van der Waals surface area (Å²) in [5.41, 5.74) is -0.790. The molecular weight excluding hydrogens is 384 g/mol. The first-order chi connectivity index (χ1) is 12.4. The number of sulfone groups is 2. The van der Waals surface area contributed by atoms with Crippen molar-refractivity contribution >= 4 is 19.7 Å². The molecule has 7 heteroatoms. The predicted molar refractivity (Wildman–Crippen MR) is 106 cm³/mol. The second-order valence-corrected chi connectivity index (χ2v) is 10.3. The fourth-order valence-corrected chi connectivity index (χ4v) is 5.03. The Labute approximate surface area is 160 Å². The lowest BCUT2D eigenvalue weighted by Gasteiger charge is -2.21. The van der Waals surface area contributed by atoms with Crippen LogP contribution in [-0.4, -0.2) is 27.5 Å². The molecule has 0 heterocycles. The van der Waals surface area contributed by atoms with Gasteiger partial charge in [-0.05, 0) is 57.2 Å². The van der Waals surface area contributed by atoms with Gasteiger partial charge >= 0.3 is 0 Å². The zero-order valence-corrected chi connectivity index (χ0v) is 17.0. The molecule has 0 bridgehead atoms. The third-order valence-electron chi connectivity index (χ3n) is 3.80. The molecule has 0 atom stereocenters. The molecule has 0 saturated carbocycles. The zero-order valence-electron chi connectivity index (χ0n) is 15.3. The van der Waals surface area contributed by atoms with Gasteiger partial charge in [-0.3, -0.25) is 0 Å². The van der Waals surface area contributed by atoms with Crippen LogP contribution in [0.5, 0.6) is 0 Å². The van der Waals surface area contributed by atoms with E-state index in [0.29, 0.717) is 0 Å². The molecule has 2 aromatic rings. The summed E-state index contributed by atoms with van der Waals surface area (Å²) in [6.45, 7) is 4.51.